The highest BCUT2D eigenvalue weighted by molar-refractivity contribution is 7.13. The van der Waals surface area contributed by atoms with Gasteiger partial charge in [0.05, 0.1) is 5.69 Å². The van der Waals surface area contributed by atoms with Crippen LogP contribution < -0.4 is 5.32 Å². The quantitative estimate of drug-likeness (QED) is 0.489. The smallest absolute Gasteiger partial charge is 0.289 e. The van der Waals surface area contributed by atoms with Gasteiger partial charge in [0.25, 0.3) is 5.91 Å². The molecular weight excluding hydrogens is 266 g/mol. The minimum Gasteiger partial charge on any atom is -0.289 e. The van der Waals surface area contributed by atoms with Crippen molar-refractivity contribution in [1.29, 1.82) is 0 Å². The summed E-state index contributed by atoms with van der Waals surface area (Å²) >= 11 is 1.31. The van der Waals surface area contributed by atoms with Gasteiger partial charge in [-0.3, -0.25) is 24.7 Å². The van der Waals surface area contributed by atoms with Gasteiger partial charge in [0.15, 0.2) is 0 Å². The van der Waals surface area contributed by atoms with Crippen LogP contribution in [-0.2, 0) is 14.4 Å². The monoisotopic (exact) mass is 273 g/mol. The van der Waals surface area contributed by atoms with Crippen molar-refractivity contribution in [2.75, 3.05) is 0 Å². The topological polar surface area (TPSA) is 89.0 Å². The van der Waals surface area contributed by atoms with E-state index in [0.29, 0.717) is 10.7 Å². The Labute approximate surface area is 111 Å². The van der Waals surface area contributed by atoms with Gasteiger partial charge in [-0.05, 0) is 12.1 Å². The summed E-state index contributed by atoms with van der Waals surface area (Å²) < 4.78 is 0. The third kappa shape index (κ3) is 1.93. The summed E-state index contributed by atoms with van der Waals surface area (Å²) in [5.74, 6) is -3.34. The van der Waals surface area contributed by atoms with E-state index < -0.39 is 23.5 Å². The molecule has 1 aliphatic heterocycles. The molecule has 1 unspecified atom stereocenters. The first-order valence-corrected chi connectivity index (χ1v) is 6.29. The van der Waals surface area contributed by atoms with Crippen molar-refractivity contribution in [3.8, 4) is 10.6 Å². The molecular formula is C12H7N3O3S. The van der Waals surface area contributed by atoms with Crippen LogP contribution in [0.5, 0.6) is 0 Å². The molecule has 3 heterocycles. The predicted molar refractivity (Wildman–Crippen MR) is 66.2 cm³/mol. The van der Waals surface area contributed by atoms with Gasteiger partial charge in [-0.25, -0.2) is 4.98 Å². The van der Waals surface area contributed by atoms with Crippen LogP contribution in [0.25, 0.3) is 10.6 Å². The van der Waals surface area contributed by atoms with Crippen molar-refractivity contribution < 1.29 is 14.4 Å². The second-order valence-corrected chi connectivity index (χ2v) is 4.79. The van der Waals surface area contributed by atoms with Gasteiger partial charge in [-0.1, -0.05) is 0 Å². The summed E-state index contributed by atoms with van der Waals surface area (Å²) in [7, 11) is 0. The molecule has 2 aromatic heterocycles. The molecule has 7 heteroatoms. The molecule has 1 fully saturated rings. The Hall–Kier alpha value is -2.41. The van der Waals surface area contributed by atoms with Crippen molar-refractivity contribution in [3.63, 3.8) is 0 Å². The molecule has 0 spiro atoms. The zero-order valence-electron chi connectivity index (χ0n) is 9.49. The van der Waals surface area contributed by atoms with Gasteiger partial charge in [0.2, 0.25) is 11.7 Å². The van der Waals surface area contributed by atoms with Gasteiger partial charge in [-0.2, -0.15) is 0 Å². The molecule has 19 heavy (non-hydrogen) atoms. The number of carbonyl (C=O) groups excluding carboxylic acids is 3. The number of nitrogens with one attached hydrogen (secondary N) is 1. The van der Waals surface area contributed by atoms with Gasteiger partial charge in [-0.15, -0.1) is 11.3 Å². The van der Waals surface area contributed by atoms with Crippen LogP contribution in [-0.4, -0.2) is 27.6 Å². The lowest BCUT2D eigenvalue weighted by Crippen LogP contribution is -2.22. The van der Waals surface area contributed by atoms with E-state index in [1.807, 2.05) is 5.32 Å². The Morgan fingerprint density at radius 1 is 1.16 bits per heavy atom. The standard InChI is InChI=1S/C12H7N3O3S/c16-9-8(10(17)15-11(9)18)7-5-19-12(14-7)6-1-3-13-4-2-6/h1-5,8H,(H,15,17,18). The second kappa shape index (κ2) is 4.36. The Morgan fingerprint density at radius 3 is 2.53 bits per heavy atom. The fourth-order valence-electron chi connectivity index (χ4n) is 1.81. The van der Waals surface area contributed by atoms with Crippen LogP contribution in [0.4, 0.5) is 0 Å². The van der Waals surface area contributed by atoms with E-state index in [0.717, 1.165) is 5.56 Å². The van der Waals surface area contributed by atoms with Crippen LogP contribution in [0.1, 0.15) is 11.6 Å². The summed E-state index contributed by atoms with van der Waals surface area (Å²) in [5.41, 5.74) is 1.16. The number of imide groups is 1. The van der Waals surface area contributed by atoms with E-state index in [4.69, 9.17) is 0 Å². The van der Waals surface area contributed by atoms with Crippen molar-refractivity contribution in [2.45, 2.75) is 5.92 Å². The number of ketones is 1. The summed E-state index contributed by atoms with van der Waals surface area (Å²) in [6.07, 6.45) is 3.26. The van der Waals surface area contributed by atoms with Crippen LogP contribution in [0.3, 0.4) is 0 Å². The first kappa shape index (κ1) is 11.7. The van der Waals surface area contributed by atoms with E-state index in [1.54, 1.807) is 29.9 Å². The number of aromatic nitrogens is 2. The maximum Gasteiger partial charge on any atom is 0.295 e. The largest absolute Gasteiger partial charge is 0.295 e. The fourth-order valence-corrected chi connectivity index (χ4v) is 2.66. The van der Waals surface area contributed by atoms with Crippen molar-refractivity contribution in [1.82, 2.24) is 15.3 Å². The summed E-state index contributed by atoms with van der Waals surface area (Å²) in [6.45, 7) is 0. The number of hydrogen-bond acceptors (Lipinski definition) is 6. The zero-order chi connectivity index (χ0) is 13.4. The minimum absolute atomic E-state index is 0.310. The van der Waals surface area contributed by atoms with Crippen molar-refractivity contribution in [2.24, 2.45) is 0 Å². The molecule has 0 aromatic carbocycles. The first-order chi connectivity index (χ1) is 9.16. The van der Waals surface area contributed by atoms with E-state index in [9.17, 15) is 14.4 Å². The number of Topliss-reactive ketones (excluding diaryl/α,β-unsaturated/α-hetero) is 1. The summed E-state index contributed by atoms with van der Waals surface area (Å²) in [4.78, 5) is 42.4. The average Bonchev–Trinajstić information content (AvgIpc) is 2.97. The molecule has 1 aliphatic rings. The summed E-state index contributed by atoms with van der Waals surface area (Å²) in [5, 5.41) is 4.29. The lowest BCUT2D eigenvalue weighted by Gasteiger charge is -1.99. The van der Waals surface area contributed by atoms with Crippen LogP contribution >= 0.6 is 11.3 Å². The highest BCUT2D eigenvalue weighted by Crippen LogP contribution is 2.28. The van der Waals surface area contributed by atoms with Crippen molar-refractivity contribution in [3.05, 3.63) is 35.6 Å². The number of carbonyl (C=O) groups is 3. The number of rotatable bonds is 2. The molecule has 3 rings (SSSR count). The molecule has 0 aliphatic carbocycles. The number of hydrogen-bond donors (Lipinski definition) is 1. The minimum atomic E-state index is -1.11. The number of amides is 2. The molecule has 1 N–H and O–H groups in total. The molecule has 2 aromatic rings. The van der Waals surface area contributed by atoms with E-state index in [-0.39, 0.29) is 0 Å². The molecule has 94 valence electrons. The third-order valence-electron chi connectivity index (χ3n) is 2.73. The van der Waals surface area contributed by atoms with E-state index in [2.05, 4.69) is 9.97 Å². The molecule has 2 amide bonds. The summed E-state index contributed by atoms with van der Waals surface area (Å²) in [6, 6.07) is 3.56. The van der Waals surface area contributed by atoms with Crippen molar-refractivity contribution >= 4 is 28.9 Å². The average molecular weight is 273 g/mol. The van der Waals surface area contributed by atoms with Crippen LogP contribution in [0.2, 0.25) is 0 Å². The van der Waals surface area contributed by atoms with Gasteiger partial charge in [0.1, 0.15) is 10.9 Å². The molecule has 6 nitrogen and oxygen atoms in total. The number of pyridine rings is 1. The maximum absolute atomic E-state index is 11.6. The Bertz CT molecular complexity index is 681. The van der Waals surface area contributed by atoms with Gasteiger partial charge < -0.3 is 0 Å². The Morgan fingerprint density at radius 2 is 1.89 bits per heavy atom. The normalized spacial score (nSPS) is 18.7. The second-order valence-electron chi connectivity index (χ2n) is 3.93. The Kier molecular flexibility index (Phi) is 2.68. The van der Waals surface area contributed by atoms with Gasteiger partial charge >= 0.3 is 0 Å². The van der Waals surface area contributed by atoms with Crippen LogP contribution in [0.15, 0.2) is 29.9 Å². The first-order valence-electron chi connectivity index (χ1n) is 5.41. The molecule has 0 radical (unpaired) electrons. The molecule has 0 saturated carbocycles. The highest BCUT2D eigenvalue weighted by atomic mass is 32.1. The maximum atomic E-state index is 11.6. The number of nitrogens with zero attached hydrogens (tertiary/aromatic N) is 2. The van der Waals surface area contributed by atoms with E-state index >= 15 is 0 Å². The third-order valence-corrected chi connectivity index (χ3v) is 3.64. The highest BCUT2D eigenvalue weighted by Gasteiger charge is 2.42. The van der Waals surface area contributed by atoms with E-state index in [1.165, 1.54) is 11.3 Å². The molecule has 1 atom stereocenters. The fraction of sp³-hybridized carbons (Fsp3) is 0.0833. The number of thiazole rings is 1. The van der Waals surface area contributed by atoms with Gasteiger partial charge in [0, 0.05) is 23.3 Å². The SMILES string of the molecule is O=C1NC(=O)C(c2csc(-c3ccncc3)n2)C1=O. The van der Waals surface area contributed by atoms with Crippen LogP contribution in [0, 0.1) is 0 Å². The molecule has 1 saturated heterocycles. The Balaban J connectivity index is 1.96. The molecule has 0 bridgehead atoms. The zero-order valence-corrected chi connectivity index (χ0v) is 10.3. The lowest BCUT2D eigenvalue weighted by molar-refractivity contribution is -0.135. The predicted octanol–water partition coefficient (Wildman–Crippen LogP) is 0.514. The lowest BCUT2D eigenvalue weighted by atomic mass is 10.0.